The second-order valence-corrected chi connectivity index (χ2v) is 6.56. The second kappa shape index (κ2) is 6.59. The highest BCUT2D eigenvalue weighted by Crippen LogP contribution is 2.29. The molecule has 1 saturated carbocycles. The van der Waals surface area contributed by atoms with Crippen molar-refractivity contribution in [3.05, 3.63) is 0 Å². The van der Waals surface area contributed by atoms with Crippen LogP contribution in [0.25, 0.3) is 0 Å². The van der Waals surface area contributed by atoms with Gasteiger partial charge in [-0.15, -0.1) is 0 Å². The standard InChI is InChI=1S/C16H28N2O2/c1-4-11(2)10-18-12(3)15(19)17-14(16(18)20)13-8-6-5-7-9-13/h11-14H,4-10H2,1-3H3,(H,17,19). The van der Waals surface area contributed by atoms with Gasteiger partial charge in [-0.05, 0) is 31.6 Å². The summed E-state index contributed by atoms with van der Waals surface area (Å²) in [6.45, 7) is 6.81. The summed E-state index contributed by atoms with van der Waals surface area (Å²) in [5.41, 5.74) is 0. The number of amides is 2. The minimum Gasteiger partial charge on any atom is -0.342 e. The molecule has 4 nitrogen and oxygen atoms in total. The summed E-state index contributed by atoms with van der Waals surface area (Å²) in [7, 11) is 0. The number of nitrogens with one attached hydrogen (secondary N) is 1. The van der Waals surface area contributed by atoms with Crippen molar-refractivity contribution in [2.24, 2.45) is 11.8 Å². The lowest BCUT2D eigenvalue weighted by atomic mass is 9.82. The quantitative estimate of drug-likeness (QED) is 0.859. The molecule has 2 rings (SSSR count). The predicted molar refractivity (Wildman–Crippen MR) is 79.1 cm³/mol. The summed E-state index contributed by atoms with van der Waals surface area (Å²) < 4.78 is 0. The van der Waals surface area contributed by atoms with E-state index in [0.29, 0.717) is 18.4 Å². The molecule has 1 saturated heterocycles. The summed E-state index contributed by atoms with van der Waals surface area (Å²) in [6.07, 6.45) is 6.81. The molecular formula is C16H28N2O2. The minimum atomic E-state index is -0.323. The Bertz CT molecular complexity index is 359. The van der Waals surface area contributed by atoms with Gasteiger partial charge < -0.3 is 10.2 Å². The van der Waals surface area contributed by atoms with E-state index in [4.69, 9.17) is 0 Å². The van der Waals surface area contributed by atoms with Gasteiger partial charge in [-0.1, -0.05) is 39.5 Å². The Labute approximate surface area is 122 Å². The summed E-state index contributed by atoms with van der Waals surface area (Å²) in [5, 5.41) is 2.98. The summed E-state index contributed by atoms with van der Waals surface area (Å²) in [5.74, 6) is 0.944. The van der Waals surface area contributed by atoms with Crippen LogP contribution in [0, 0.1) is 11.8 Å². The van der Waals surface area contributed by atoms with E-state index < -0.39 is 0 Å². The first-order chi connectivity index (χ1) is 9.54. The number of hydrogen-bond donors (Lipinski definition) is 1. The Morgan fingerprint density at radius 1 is 1.25 bits per heavy atom. The smallest absolute Gasteiger partial charge is 0.246 e. The molecule has 2 amide bonds. The first-order valence-electron chi connectivity index (χ1n) is 8.15. The zero-order valence-electron chi connectivity index (χ0n) is 13.0. The largest absolute Gasteiger partial charge is 0.342 e. The maximum Gasteiger partial charge on any atom is 0.246 e. The van der Waals surface area contributed by atoms with Gasteiger partial charge in [-0.2, -0.15) is 0 Å². The van der Waals surface area contributed by atoms with Gasteiger partial charge in [0.25, 0.3) is 0 Å². The Balaban J connectivity index is 2.10. The van der Waals surface area contributed by atoms with Crippen molar-refractivity contribution in [1.82, 2.24) is 10.2 Å². The van der Waals surface area contributed by atoms with E-state index in [2.05, 4.69) is 19.2 Å². The van der Waals surface area contributed by atoms with Crippen LogP contribution in [0.15, 0.2) is 0 Å². The van der Waals surface area contributed by atoms with Crippen molar-refractivity contribution in [3.63, 3.8) is 0 Å². The van der Waals surface area contributed by atoms with E-state index in [-0.39, 0.29) is 23.9 Å². The van der Waals surface area contributed by atoms with E-state index in [0.717, 1.165) is 19.3 Å². The first-order valence-corrected chi connectivity index (χ1v) is 8.15. The van der Waals surface area contributed by atoms with E-state index >= 15 is 0 Å². The van der Waals surface area contributed by atoms with E-state index in [1.165, 1.54) is 19.3 Å². The van der Waals surface area contributed by atoms with Crippen LogP contribution < -0.4 is 5.32 Å². The average Bonchev–Trinajstić information content (AvgIpc) is 2.48. The fraction of sp³-hybridized carbons (Fsp3) is 0.875. The highest BCUT2D eigenvalue weighted by Gasteiger charge is 2.42. The number of carbonyl (C=O) groups excluding carboxylic acids is 2. The van der Waals surface area contributed by atoms with E-state index in [1.54, 1.807) is 0 Å². The van der Waals surface area contributed by atoms with Gasteiger partial charge >= 0.3 is 0 Å². The Kier molecular flexibility index (Phi) is 5.06. The molecule has 2 fully saturated rings. The number of piperazine rings is 1. The number of rotatable bonds is 4. The molecule has 0 aromatic rings. The van der Waals surface area contributed by atoms with Crippen LogP contribution in [0.5, 0.6) is 0 Å². The zero-order chi connectivity index (χ0) is 14.7. The van der Waals surface area contributed by atoms with Crippen molar-refractivity contribution in [1.29, 1.82) is 0 Å². The fourth-order valence-corrected chi connectivity index (χ4v) is 3.35. The van der Waals surface area contributed by atoms with E-state index in [9.17, 15) is 9.59 Å². The molecule has 1 aliphatic heterocycles. The van der Waals surface area contributed by atoms with Crippen LogP contribution in [0.3, 0.4) is 0 Å². The first kappa shape index (κ1) is 15.3. The van der Waals surface area contributed by atoms with Crippen molar-refractivity contribution >= 4 is 11.8 Å². The molecule has 1 N–H and O–H groups in total. The van der Waals surface area contributed by atoms with Gasteiger partial charge in [-0.3, -0.25) is 9.59 Å². The molecule has 0 spiro atoms. The second-order valence-electron chi connectivity index (χ2n) is 6.56. The third-order valence-electron chi connectivity index (χ3n) is 5.02. The molecule has 1 heterocycles. The summed E-state index contributed by atoms with van der Waals surface area (Å²) in [6, 6.07) is -0.598. The predicted octanol–water partition coefficient (Wildman–Crippen LogP) is 2.33. The Morgan fingerprint density at radius 3 is 2.50 bits per heavy atom. The fourth-order valence-electron chi connectivity index (χ4n) is 3.35. The molecule has 20 heavy (non-hydrogen) atoms. The lowest BCUT2D eigenvalue weighted by molar-refractivity contribution is -0.151. The molecule has 0 bridgehead atoms. The van der Waals surface area contributed by atoms with Crippen LogP contribution in [-0.2, 0) is 9.59 Å². The van der Waals surface area contributed by atoms with Gasteiger partial charge in [0, 0.05) is 6.54 Å². The van der Waals surface area contributed by atoms with Crippen LogP contribution in [0.2, 0.25) is 0 Å². The third kappa shape index (κ3) is 3.15. The molecule has 0 radical (unpaired) electrons. The van der Waals surface area contributed by atoms with Gasteiger partial charge in [0.1, 0.15) is 12.1 Å². The molecule has 0 aromatic heterocycles. The number of carbonyl (C=O) groups is 2. The third-order valence-corrected chi connectivity index (χ3v) is 5.02. The molecule has 2 aliphatic rings. The van der Waals surface area contributed by atoms with Gasteiger partial charge in [0.15, 0.2) is 0 Å². The molecule has 1 aliphatic carbocycles. The van der Waals surface area contributed by atoms with Crippen molar-refractivity contribution in [2.75, 3.05) is 6.54 Å². The summed E-state index contributed by atoms with van der Waals surface area (Å²) in [4.78, 5) is 26.7. The van der Waals surface area contributed by atoms with Gasteiger partial charge in [0.05, 0.1) is 0 Å². The minimum absolute atomic E-state index is 0.0171. The van der Waals surface area contributed by atoms with Crippen molar-refractivity contribution < 1.29 is 9.59 Å². The Hall–Kier alpha value is -1.06. The van der Waals surface area contributed by atoms with Gasteiger partial charge in [-0.25, -0.2) is 0 Å². The average molecular weight is 280 g/mol. The molecule has 0 aromatic carbocycles. The maximum absolute atomic E-state index is 12.7. The highest BCUT2D eigenvalue weighted by atomic mass is 16.2. The Morgan fingerprint density at radius 2 is 1.90 bits per heavy atom. The topological polar surface area (TPSA) is 49.4 Å². The monoisotopic (exact) mass is 280 g/mol. The molecule has 4 heteroatoms. The lowest BCUT2D eigenvalue weighted by Crippen LogP contribution is -2.65. The van der Waals surface area contributed by atoms with Crippen molar-refractivity contribution in [3.8, 4) is 0 Å². The molecular weight excluding hydrogens is 252 g/mol. The molecule has 114 valence electrons. The van der Waals surface area contributed by atoms with E-state index in [1.807, 2.05) is 11.8 Å². The normalized spacial score (nSPS) is 30.2. The van der Waals surface area contributed by atoms with Crippen LogP contribution in [0.4, 0.5) is 0 Å². The SMILES string of the molecule is CCC(C)CN1C(=O)C(C2CCCCC2)NC(=O)C1C. The molecule has 3 atom stereocenters. The number of hydrogen-bond acceptors (Lipinski definition) is 2. The lowest BCUT2D eigenvalue weighted by Gasteiger charge is -2.42. The van der Waals surface area contributed by atoms with Crippen LogP contribution in [-0.4, -0.2) is 35.3 Å². The summed E-state index contributed by atoms with van der Waals surface area (Å²) >= 11 is 0. The van der Waals surface area contributed by atoms with Crippen molar-refractivity contribution in [2.45, 2.75) is 71.4 Å². The van der Waals surface area contributed by atoms with Gasteiger partial charge in [0.2, 0.25) is 11.8 Å². The number of nitrogens with zero attached hydrogens (tertiary/aromatic N) is 1. The molecule has 3 unspecified atom stereocenters. The highest BCUT2D eigenvalue weighted by molar-refractivity contribution is 5.96. The van der Waals surface area contributed by atoms with Crippen LogP contribution >= 0.6 is 0 Å². The maximum atomic E-state index is 12.7. The van der Waals surface area contributed by atoms with Crippen LogP contribution in [0.1, 0.15) is 59.3 Å². The zero-order valence-corrected chi connectivity index (χ0v) is 13.0.